The molecule has 0 aromatic heterocycles. The Morgan fingerprint density at radius 1 is 0.800 bits per heavy atom. The predicted octanol–water partition coefficient (Wildman–Crippen LogP) is 1.91. The molecule has 0 aromatic carbocycles. The maximum atomic E-state index is 11.3. The molecule has 15 heavy (non-hydrogen) atoms. The van der Waals surface area contributed by atoms with Crippen molar-refractivity contribution >= 4 is 11.8 Å². The van der Waals surface area contributed by atoms with Crippen LogP contribution in [0.5, 0.6) is 0 Å². The van der Waals surface area contributed by atoms with E-state index in [2.05, 4.69) is 20.5 Å². The van der Waals surface area contributed by atoms with Crippen LogP contribution in [0.2, 0.25) is 0 Å². The molecule has 0 atom stereocenters. The first-order chi connectivity index (χ1) is 7.09. The number of hydrogen-bond donors (Lipinski definition) is 0. The van der Waals surface area contributed by atoms with E-state index < -0.39 is 0 Å². The molecular weight excluding hydrogens is 196 g/mol. The van der Waals surface area contributed by atoms with Crippen molar-refractivity contribution in [2.45, 2.75) is 20.3 Å². The standard InChI is InChI=1S/C9H8N4O2/c1-4-6(8(14)12-10-4)3-7-5(2)11-13-9(7)15/h3H2,1-2H3. The fourth-order valence-electron chi connectivity index (χ4n) is 1.38. The van der Waals surface area contributed by atoms with Gasteiger partial charge in [-0.1, -0.05) is 0 Å². The average Bonchev–Trinajstić information content (AvgIpc) is 2.67. The van der Waals surface area contributed by atoms with Crippen LogP contribution < -0.4 is 0 Å². The zero-order valence-electron chi connectivity index (χ0n) is 8.31. The van der Waals surface area contributed by atoms with E-state index in [4.69, 9.17) is 0 Å². The molecular formula is C9H8N4O2. The molecule has 6 nitrogen and oxygen atoms in total. The Labute approximate surface area is 85.5 Å². The summed E-state index contributed by atoms with van der Waals surface area (Å²) in [5, 5.41) is 14.1. The van der Waals surface area contributed by atoms with E-state index in [0.29, 0.717) is 22.5 Å². The highest BCUT2D eigenvalue weighted by molar-refractivity contribution is 6.01. The number of rotatable bonds is 2. The summed E-state index contributed by atoms with van der Waals surface area (Å²) < 4.78 is 0. The van der Waals surface area contributed by atoms with Crippen LogP contribution in [-0.4, -0.2) is 11.8 Å². The van der Waals surface area contributed by atoms with Crippen LogP contribution in [0.3, 0.4) is 0 Å². The number of carbonyl (C=O) groups excluding carboxylic acids is 2. The lowest BCUT2D eigenvalue weighted by Gasteiger charge is -1.99. The Morgan fingerprint density at radius 2 is 1.20 bits per heavy atom. The molecule has 6 heteroatoms. The summed E-state index contributed by atoms with van der Waals surface area (Å²) in [7, 11) is 0. The van der Waals surface area contributed by atoms with Crippen molar-refractivity contribution in [2.75, 3.05) is 0 Å². The fourth-order valence-corrected chi connectivity index (χ4v) is 1.38. The third-order valence-corrected chi connectivity index (χ3v) is 2.32. The zero-order chi connectivity index (χ0) is 11.0. The predicted molar refractivity (Wildman–Crippen MR) is 49.7 cm³/mol. The highest BCUT2D eigenvalue weighted by Gasteiger charge is 2.25. The zero-order valence-corrected chi connectivity index (χ0v) is 8.31. The smallest absolute Gasteiger partial charge is 0.265 e. The number of nitrogens with zero attached hydrogens (tertiary/aromatic N) is 4. The summed E-state index contributed by atoms with van der Waals surface area (Å²) in [6.45, 7) is 3.38. The average molecular weight is 204 g/mol. The molecule has 2 amide bonds. The minimum absolute atomic E-state index is 0.218. The van der Waals surface area contributed by atoms with Crippen LogP contribution >= 0.6 is 0 Å². The van der Waals surface area contributed by atoms with Crippen molar-refractivity contribution in [3.05, 3.63) is 22.5 Å². The van der Waals surface area contributed by atoms with Gasteiger partial charge in [-0.3, -0.25) is 9.59 Å². The Kier molecular flexibility index (Phi) is 2.11. The Bertz CT molecular complexity index is 438. The molecule has 2 aliphatic rings. The number of amides is 2. The minimum Gasteiger partial charge on any atom is -0.265 e. The molecule has 0 N–H and O–H groups in total. The van der Waals surface area contributed by atoms with E-state index >= 15 is 0 Å². The van der Waals surface area contributed by atoms with Crippen LogP contribution in [0, 0.1) is 0 Å². The first-order valence-corrected chi connectivity index (χ1v) is 4.41. The van der Waals surface area contributed by atoms with E-state index in [-0.39, 0.29) is 18.2 Å². The second-order valence-electron chi connectivity index (χ2n) is 3.32. The number of allylic oxidation sites excluding steroid dienone is 2. The van der Waals surface area contributed by atoms with Gasteiger partial charge in [-0.25, -0.2) is 0 Å². The molecule has 0 fully saturated rings. The highest BCUT2D eigenvalue weighted by atomic mass is 16.2. The summed E-state index contributed by atoms with van der Waals surface area (Å²) in [5.74, 6) is -0.764. The maximum Gasteiger partial charge on any atom is 0.293 e. The number of carbonyl (C=O) groups is 2. The Morgan fingerprint density at radius 3 is 1.47 bits per heavy atom. The number of hydrogen-bond acceptors (Lipinski definition) is 4. The van der Waals surface area contributed by atoms with Crippen molar-refractivity contribution < 1.29 is 9.59 Å². The lowest BCUT2D eigenvalue weighted by atomic mass is 10.0. The molecule has 2 rings (SSSR count). The SMILES string of the molecule is CC1=C(CC2=C(C)N=NC2=O)C(=O)N=N1. The van der Waals surface area contributed by atoms with Gasteiger partial charge in [0.25, 0.3) is 11.8 Å². The molecule has 0 bridgehead atoms. The van der Waals surface area contributed by atoms with E-state index in [1.807, 2.05) is 0 Å². The molecule has 2 heterocycles. The third kappa shape index (κ3) is 1.54. The van der Waals surface area contributed by atoms with Crippen molar-refractivity contribution in [3.8, 4) is 0 Å². The Hall–Kier alpha value is -1.98. The van der Waals surface area contributed by atoms with E-state index in [1.165, 1.54) is 0 Å². The molecule has 0 aliphatic carbocycles. The lowest BCUT2D eigenvalue weighted by molar-refractivity contribution is -0.114. The Balaban J connectivity index is 2.25. The van der Waals surface area contributed by atoms with E-state index in [1.54, 1.807) is 13.8 Å². The van der Waals surface area contributed by atoms with Crippen molar-refractivity contribution in [1.29, 1.82) is 0 Å². The van der Waals surface area contributed by atoms with Gasteiger partial charge < -0.3 is 0 Å². The van der Waals surface area contributed by atoms with Gasteiger partial charge in [0.05, 0.1) is 11.4 Å². The van der Waals surface area contributed by atoms with Crippen molar-refractivity contribution in [1.82, 2.24) is 0 Å². The van der Waals surface area contributed by atoms with Crippen molar-refractivity contribution in [3.63, 3.8) is 0 Å². The quantitative estimate of drug-likeness (QED) is 0.688. The van der Waals surface area contributed by atoms with Gasteiger partial charge in [0.15, 0.2) is 0 Å². The normalized spacial score (nSPS) is 20.1. The molecule has 0 radical (unpaired) electrons. The van der Waals surface area contributed by atoms with Crippen LogP contribution in [-0.2, 0) is 9.59 Å². The van der Waals surface area contributed by atoms with E-state index in [0.717, 1.165) is 0 Å². The summed E-state index contributed by atoms with van der Waals surface area (Å²) in [4.78, 5) is 22.5. The largest absolute Gasteiger partial charge is 0.293 e. The molecule has 0 saturated heterocycles. The fraction of sp³-hybridized carbons (Fsp3) is 0.333. The topological polar surface area (TPSA) is 83.6 Å². The molecule has 0 unspecified atom stereocenters. The first kappa shape index (κ1) is 9.57. The number of azo groups is 2. The highest BCUT2D eigenvalue weighted by Crippen LogP contribution is 2.27. The molecule has 76 valence electrons. The first-order valence-electron chi connectivity index (χ1n) is 4.41. The minimum atomic E-state index is -0.382. The van der Waals surface area contributed by atoms with Gasteiger partial charge in [-0.15, -0.1) is 10.2 Å². The summed E-state index contributed by atoms with van der Waals surface area (Å²) >= 11 is 0. The molecule has 2 aliphatic heterocycles. The van der Waals surface area contributed by atoms with Crippen LogP contribution in [0.25, 0.3) is 0 Å². The van der Waals surface area contributed by atoms with Crippen molar-refractivity contribution in [2.24, 2.45) is 20.5 Å². The second-order valence-corrected chi connectivity index (χ2v) is 3.32. The van der Waals surface area contributed by atoms with Gasteiger partial charge in [0, 0.05) is 17.6 Å². The third-order valence-electron chi connectivity index (χ3n) is 2.32. The van der Waals surface area contributed by atoms with Gasteiger partial charge in [0.2, 0.25) is 0 Å². The van der Waals surface area contributed by atoms with Gasteiger partial charge in [0.1, 0.15) is 0 Å². The molecule has 0 aromatic rings. The van der Waals surface area contributed by atoms with Gasteiger partial charge in [-0.2, -0.15) is 10.2 Å². The van der Waals surface area contributed by atoms with E-state index in [9.17, 15) is 9.59 Å². The monoisotopic (exact) mass is 204 g/mol. The molecule has 0 spiro atoms. The molecule has 0 saturated carbocycles. The summed E-state index contributed by atoms with van der Waals surface area (Å²) in [6.07, 6.45) is 0.218. The summed E-state index contributed by atoms with van der Waals surface area (Å²) in [6, 6.07) is 0. The van der Waals surface area contributed by atoms with Crippen LogP contribution in [0.4, 0.5) is 0 Å². The second kappa shape index (κ2) is 3.30. The maximum absolute atomic E-state index is 11.3. The van der Waals surface area contributed by atoms with Crippen LogP contribution in [0.1, 0.15) is 20.3 Å². The van der Waals surface area contributed by atoms with Gasteiger partial charge >= 0.3 is 0 Å². The van der Waals surface area contributed by atoms with Gasteiger partial charge in [-0.05, 0) is 13.8 Å². The summed E-state index contributed by atoms with van der Waals surface area (Å²) in [5.41, 5.74) is 2.01. The lowest BCUT2D eigenvalue weighted by Crippen LogP contribution is -2.03. The van der Waals surface area contributed by atoms with Crippen LogP contribution in [0.15, 0.2) is 43.0 Å².